The molecule has 0 atom stereocenters. The van der Waals surface area contributed by atoms with Crippen molar-refractivity contribution in [3.05, 3.63) is 128 Å². The summed E-state index contributed by atoms with van der Waals surface area (Å²) in [5.74, 6) is 2.23. The highest BCUT2D eigenvalue weighted by molar-refractivity contribution is 5.98. The van der Waals surface area contributed by atoms with Gasteiger partial charge in [0.1, 0.15) is 0 Å². The van der Waals surface area contributed by atoms with Gasteiger partial charge in [-0.05, 0) is 121 Å². The summed E-state index contributed by atoms with van der Waals surface area (Å²) < 4.78 is 10.1. The first-order valence-electron chi connectivity index (χ1n) is 22.0. The van der Waals surface area contributed by atoms with Crippen LogP contribution in [0.15, 0.2) is 72.8 Å². The molecule has 2 aliphatic carbocycles. The summed E-state index contributed by atoms with van der Waals surface area (Å²) in [5, 5.41) is 43.9. The number of hydrogen-bond acceptors (Lipinski definition) is 11. The number of aromatic carboxylic acids is 1. The number of ether oxygens (including phenoxy) is 2. The van der Waals surface area contributed by atoms with Crippen molar-refractivity contribution in [2.24, 2.45) is 0 Å². The summed E-state index contributed by atoms with van der Waals surface area (Å²) in [6, 6.07) is 28.1. The normalized spacial score (nSPS) is 15.6. The number of likely N-dealkylation sites (tertiary alicyclic amines) is 1. The Balaban J connectivity index is 0.000000163. The van der Waals surface area contributed by atoms with Crippen LogP contribution in [0, 0.1) is 36.5 Å². The smallest absolute Gasteiger partial charge is 0.335 e. The predicted octanol–water partition coefficient (Wildman–Crippen LogP) is 8.59. The van der Waals surface area contributed by atoms with Crippen LogP contribution in [0.1, 0.15) is 127 Å². The second-order valence-corrected chi connectivity index (χ2v) is 17.1. The summed E-state index contributed by atoms with van der Waals surface area (Å²) in [5.41, 5.74) is 10.8. The fraction of sp³-hybridized carbons (Fsp3) is 0.360. The molecule has 16 heteroatoms. The number of amides is 1. The number of carboxylic acids is 1. The summed E-state index contributed by atoms with van der Waals surface area (Å²) >= 11 is 0. The van der Waals surface area contributed by atoms with Crippen molar-refractivity contribution in [1.82, 2.24) is 40.6 Å². The fourth-order valence-corrected chi connectivity index (χ4v) is 8.57. The van der Waals surface area contributed by atoms with E-state index in [1.165, 1.54) is 43.8 Å². The molecule has 0 radical (unpaired) electrons. The molecule has 4 heterocycles. The number of aryl methyl sites for hydroxylation is 2. The largest absolute Gasteiger partial charge is 0.478 e. The first-order chi connectivity index (χ1) is 31.6. The van der Waals surface area contributed by atoms with Crippen LogP contribution in [-0.2, 0) is 0 Å². The average molecular weight is 909 g/mol. The number of nitrogens with one attached hydrogen (secondary N) is 3. The Hall–Kier alpha value is -7.07. The zero-order valence-electron chi connectivity index (χ0n) is 37.4. The number of carbonyl (C=O) groups excluding carboxylic acids is 1. The van der Waals surface area contributed by atoms with Gasteiger partial charge in [-0.15, -0.1) is 22.6 Å². The highest BCUT2D eigenvalue weighted by atomic mass is 35.5. The lowest BCUT2D eigenvalue weighted by molar-refractivity contribution is 0.0601. The van der Waals surface area contributed by atoms with Gasteiger partial charge >= 0.3 is 18.0 Å². The molecule has 4 fully saturated rings. The van der Waals surface area contributed by atoms with Gasteiger partial charge in [-0.2, -0.15) is 20.5 Å². The quantitative estimate of drug-likeness (QED) is 0.102. The number of aromatic amines is 2. The topological polar surface area (TPSA) is 219 Å². The third kappa shape index (κ3) is 10.1. The highest BCUT2D eigenvalue weighted by Crippen LogP contribution is 2.43. The van der Waals surface area contributed by atoms with Gasteiger partial charge in [-0.25, -0.2) is 4.79 Å². The summed E-state index contributed by atoms with van der Waals surface area (Å²) in [6.07, 6.45) is 7.01. The lowest BCUT2D eigenvalue weighted by Gasteiger charge is -2.40. The molecule has 4 N–H and O–H groups in total. The summed E-state index contributed by atoms with van der Waals surface area (Å²) in [4.78, 5) is 35.3. The third-order valence-corrected chi connectivity index (χ3v) is 13.1. The zero-order valence-corrected chi connectivity index (χ0v) is 38.2. The van der Waals surface area contributed by atoms with E-state index >= 15 is 0 Å². The van der Waals surface area contributed by atoms with Crippen molar-refractivity contribution in [1.29, 1.82) is 10.5 Å². The molecule has 0 unspecified atom stereocenters. The predicted molar refractivity (Wildman–Crippen MR) is 250 cm³/mol. The van der Waals surface area contributed by atoms with Gasteiger partial charge in [0.25, 0.3) is 5.91 Å². The lowest BCUT2D eigenvalue weighted by Crippen LogP contribution is -2.48. The third-order valence-electron chi connectivity index (χ3n) is 13.1. The van der Waals surface area contributed by atoms with E-state index in [-0.39, 0.29) is 24.3 Å². The minimum atomic E-state index is -0.930. The van der Waals surface area contributed by atoms with Crippen molar-refractivity contribution in [3.8, 4) is 46.9 Å². The van der Waals surface area contributed by atoms with E-state index in [0.29, 0.717) is 71.1 Å². The maximum absolute atomic E-state index is 13.3. The molecule has 66 heavy (non-hydrogen) atoms. The number of H-pyrrole nitrogens is 2. The number of carboxylic acid groups (broad SMARTS) is 1. The molecule has 2 aliphatic heterocycles. The van der Waals surface area contributed by atoms with Gasteiger partial charge in [0, 0.05) is 54.7 Å². The molecule has 4 aromatic carbocycles. The van der Waals surface area contributed by atoms with Crippen LogP contribution >= 0.6 is 12.4 Å². The number of aromatic nitrogens is 6. The van der Waals surface area contributed by atoms with Crippen molar-refractivity contribution >= 4 is 24.3 Å². The van der Waals surface area contributed by atoms with E-state index in [9.17, 15) is 14.7 Å². The van der Waals surface area contributed by atoms with Gasteiger partial charge in [0.15, 0.2) is 11.6 Å². The molecule has 10 rings (SSSR count). The van der Waals surface area contributed by atoms with Crippen LogP contribution in [0.4, 0.5) is 0 Å². The van der Waals surface area contributed by atoms with E-state index in [1.54, 1.807) is 6.07 Å². The van der Waals surface area contributed by atoms with Crippen LogP contribution in [-0.4, -0.2) is 92.6 Å². The molecule has 340 valence electrons. The van der Waals surface area contributed by atoms with E-state index in [4.69, 9.17) is 20.0 Å². The first-order valence-corrected chi connectivity index (χ1v) is 22.0. The molecule has 2 saturated carbocycles. The van der Waals surface area contributed by atoms with E-state index in [0.717, 1.165) is 72.2 Å². The maximum Gasteiger partial charge on any atom is 0.335 e. The van der Waals surface area contributed by atoms with Crippen LogP contribution in [0.3, 0.4) is 0 Å². The Morgan fingerprint density at radius 3 is 1.47 bits per heavy atom. The minimum Gasteiger partial charge on any atom is -0.478 e. The highest BCUT2D eigenvalue weighted by Gasteiger charge is 2.34. The number of benzene rings is 4. The lowest BCUT2D eigenvalue weighted by atomic mass is 9.77. The van der Waals surface area contributed by atoms with Crippen LogP contribution < -0.4 is 14.8 Å². The molecule has 15 nitrogen and oxygen atoms in total. The minimum absolute atomic E-state index is 0. The van der Waals surface area contributed by atoms with Crippen LogP contribution in [0.5, 0.6) is 12.0 Å². The standard InChI is InChI=1S/C25H25N5O2.C15H17N3O3.C10H10N2.ClH/c1-15-10-21(18-4-3-5-18)22(23-27-25(32-2)29-28-23)11-20(15)24(31)30-13-19(14-30)17-8-6-16(12-26)7-9-17;1-8-6-11(9-4-3-5-9)12(7-10(8)14(19)20)13-16-15(21-2)18-17-13;11-5-8-1-3-9(4-2-8)10-6-12-7-10;/h6-11,18-19H,3-5,13-14H2,1-2H3,(H,27,28,29);6-7,9H,3-5H2,1-2H3,(H,19,20)(H,16,17,18);1-4,10,12H,6-7H2;1H. The number of methoxy groups -OCH3 is 2. The van der Waals surface area contributed by atoms with Crippen molar-refractivity contribution in [2.45, 2.75) is 76.0 Å². The van der Waals surface area contributed by atoms with Crippen LogP contribution in [0.25, 0.3) is 22.8 Å². The van der Waals surface area contributed by atoms with Crippen molar-refractivity contribution < 1.29 is 24.2 Å². The van der Waals surface area contributed by atoms with Crippen LogP contribution in [0.2, 0.25) is 0 Å². The maximum atomic E-state index is 13.3. The van der Waals surface area contributed by atoms with Gasteiger partial charge in [-0.3, -0.25) is 15.0 Å². The van der Waals surface area contributed by atoms with E-state index in [1.807, 2.05) is 79.4 Å². The SMILES string of the molecule is COc1n[nH]c(-c2cc(C(=O)N3CC(c4ccc(C#N)cc4)C3)c(C)cc2C2CCC2)n1.COc1n[nH]c(-c2cc(C(=O)O)c(C)cc2C2CCC2)n1.Cl.N#Cc1ccc(C2CNC2)cc1. The first kappa shape index (κ1) is 46.9. The monoisotopic (exact) mass is 908 g/mol. The Morgan fingerprint density at radius 2 is 1.11 bits per heavy atom. The zero-order chi connectivity index (χ0) is 45.6. The molecule has 4 aliphatic rings. The Bertz CT molecular complexity index is 2760. The number of hydrogen-bond donors (Lipinski definition) is 4. The molecule has 6 aromatic rings. The molecule has 1 amide bonds. The number of nitriles is 2. The van der Waals surface area contributed by atoms with Gasteiger partial charge < -0.3 is 24.8 Å². The molecule has 2 saturated heterocycles. The Labute approximate surface area is 390 Å². The second kappa shape index (κ2) is 20.8. The molecule has 0 bridgehead atoms. The van der Waals surface area contributed by atoms with Crippen molar-refractivity contribution in [2.75, 3.05) is 40.4 Å². The fourth-order valence-electron chi connectivity index (χ4n) is 8.57. The average Bonchev–Trinajstić information content (AvgIpc) is 3.93. The molecular weight excluding hydrogens is 856 g/mol. The van der Waals surface area contributed by atoms with Gasteiger partial charge in [-0.1, -0.05) is 49.2 Å². The summed E-state index contributed by atoms with van der Waals surface area (Å²) in [6.45, 7) is 7.35. The number of carbonyl (C=O) groups is 2. The number of nitrogens with zero attached hydrogens (tertiary/aromatic N) is 7. The molecular formula is C50H53ClN10O5. The summed E-state index contributed by atoms with van der Waals surface area (Å²) in [7, 11) is 3.04. The van der Waals surface area contributed by atoms with Gasteiger partial charge in [0.05, 0.1) is 43.0 Å². The van der Waals surface area contributed by atoms with E-state index < -0.39 is 5.97 Å². The van der Waals surface area contributed by atoms with Crippen molar-refractivity contribution in [3.63, 3.8) is 0 Å². The second-order valence-electron chi connectivity index (χ2n) is 17.1. The van der Waals surface area contributed by atoms with E-state index in [2.05, 4.69) is 53.9 Å². The number of rotatable bonds is 10. The molecule has 0 spiro atoms. The van der Waals surface area contributed by atoms with Gasteiger partial charge in [0.2, 0.25) is 0 Å². The Kier molecular flexibility index (Phi) is 14.8. The Morgan fingerprint density at radius 1 is 0.667 bits per heavy atom. The number of halogens is 1. The molecule has 2 aromatic heterocycles.